The van der Waals surface area contributed by atoms with Crippen LogP contribution in [-0.2, 0) is 17.7 Å². The summed E-state index contributed by atoms with van der Waals surface area (Å²) in [6.07, 6.45) is 0.975. The van der Waals surface area contributed by atoms with Gasteiger partial charge in [-0.1, -0.05) is 42.5 Å². The summed E-state index contributed by atoms with van der Waals surface area (Å²) in [4.78, 5) is 10.8. The third kappa shape index (κ3) is 4.98. The highest BCUT2D eigenvalue weighted by Crippen LogP contribution is 2.06. The van der Waals surface area contributed by atoms with Crippen molar-refractivity contribution < 1.29 is 14.6 Å². The van der Waals surface area contributed by atoms with Crippen molar-refractivity contribution in [2.75, 3.05) is 13.7 Å². The third-order valence-electron chi connectivity index (χ3n) is 3.54. The van der Waals surface area contributed by atoms with Crippen molar-refractivity contribution in [1.29, 1.82) is 0 Å². The molecule has 2 aromatic carbocycles. The Kier molecular flexibility index (Phi) is 6.13. The Balaban J connectivity index is 1.80. The van der Waals surface area contributed by atoms with Gasteiger partial charge < -0.3 is 15.2 Å². The second-order valence-electron chi connectivity index (χ2n) is 5.18. The van der Waals surface area contributed by atoms with E-state index in [0.29, 0.717) is 12.1 Å². The van der Waals surface area contributed by atoms with Gasteiger partial charge in [0.2, 0.25) is 0 Å². The summed E-state index contributed by atoms with van der Waals surface area (Å²) < 4.78 is 5.50. The Morgan fingerprint density at radius 3 is 2.36 bits per heavy atom. The molecule has 0 fully saturated rings. The molecule has 0 aromatic heterocycles. The van der Waals surface area contributed by atoms with Gasteiger partial charge in [-0.15, -0.1) is 0 Å². The molecule has 2 rings (SSSR count). The maximum atomic E-state index is 10.8. The molecule has 2 aromatic rings. The monoisotopic (exact) mass is 299 g/mol. The van der Waals surface area contributed by atoms with Gasteiger partial charge in [0.15, 0.2) is 0 Å². The first kappa shape index (κ1) is 16.2. The van der Waals surface area contributed by atoms with Crippen LogP contribution in [0.4, 0.5) is 0 Å². The highest BCUT2D eigenvalue weighted by molar-refractivity contribution is 5.87. The van der Waals surface area contributed by atoms with Crippen molar-refractivity contribution in [2.24, 2.45) is 0 Å². The molecule has 0 heterocycles. The molecule has 0 radical (unpaired) electrons. The Labute approximate surface area is 130 Å². The Morgan fingerprint density at radius 2 is 1.77 bits per heavy atom. The molecule has 1 unspecified atom stereocenters. The first-order chi connectivity index (χ1) is 10.7. The number of methoxy groups -OCH3 is 1. The number of aromatic carboxylic acids is 1. The lowest BCUT2D eigenvalue weighted by Crippen LogP contribution is -2.29. The SMILES string of the molecule is COC(CNCc1ccc(C(=O)O)cc1)Cc1ccccc1. The number of hydrogen-bond donors (Lipinski definition) is 2. The molecule has 4 nitrogen and oxygen atoms in total. The van der Waals surface area contributed by atoms with E-state index in [0.717, 1.165) is 18.5 Å². The average Bonchev–Trinajstić information content (AvgIpc) is 2.55. The first-order valence-corrected chi connectivity index (χ1v) is 7.28. The van der Waals surface area contributed by atoms with Crippen LogP contribution >= 0.6 is 0 Å². The van der Waals surface area contributed by atoms with E-state index in [9.17, 15) is 4.79 Å². The molecule has 0 amide bonds. The van der Waals surface area contributed by atoms with E-state index in [-0.39, 0.29) is 6.10 Å². The van der Waals surface area contributed by atoms with E-state index in [1.165, 1.54) is 5.56 Å². The molecule has 22 heavy (non-hydrogen) atoms. The maximum Gasteiger partial charge on any atom is 0.335 e. The number of carbonyl (C=O) groups is 1. The number of rotatable bonds is 8. The summed E-state index contributed by atoms with van der Waals surface area (Å²) in [5.74, 6) is -0.901. The molecule has 2 N–H and O–H groups in total. The second kappa shape index (κ2) is 8.32. The number of benzene rings is 2. The van der Waals surface area contributed by atoms with Gasteiger partial charge in [-0.2, -0.15) is 0 Å². The van der Waals surface area contributed by atoms with Crippen LogP contribution < -0.4 is 5.32 Å². The summed E-state index contributed by atoms with van der Waals surface area (Å²) in [6, 6.07) is 17.1. The maximum absolute atomic E-state index is 10.8. The van der Waals surface area contributed by atoms with Crippen LogP contribution in [-0.4, -0.2) is 30.8 Å². The fourth-order valence-electron chi connectivity index (χ4n) is 2.26. The minimum Gasteiger partial charge on any atom is -0.478 e. The van der Waals surface area contributed by atoms with Crippen LogP contribution in [0.5, 0.6) is 0 Å². The van der Waals surface area contributed by atoms with Crippen LogP contribution in [0.3, 0.4) is 0 Å². The van der Waals surface area contributed by atoms with Gasteiger partial charge in [-0.3, -0.25) is 0 Å². The molecule has 0 aliphatic carbocycles. The van der Waals surface area contributed by atoms with Crippen molar-refractivity contribution in [3.63, 3.8) is 0 Å². The van der Waals surface area contributed by atoms with Crippen molar-refractivity contribution in [3.05, 3.63) is 71.3 Å². The molecule has 4 heteroatoms. The molecule has 1 atom stereocenters. The van der Waals surface area contributed by atoms with Crippen LogP contribution in [0.25, 0.3) is 0 Å². The number of carboxylic acid groups (broad SMARTS) is 1. The van der Waals surface area contributed by atoms with E-state index in [2.05, 4.69) is 17.4 Å². The zero-order valence-electron chi connectivity index (χ0n) is 12.7. The predicted molar refractivity (Wildman–Crippen MR) is 86.1 cm³/mol. The molecule has 0 aliphatic rings. The molecule has 0 saturated heterocycles. The van der Waals surface area contributed by atoms with Crippen LogP contribution in [0.1, 0.15) is 21.5 Å². The smallest absolute Gasteiger partial charge is 0.335 e. The van der Waals surface area contributed by atoms with Gasteiger partial charge in [0.1, 0.15) is 0 Å². The summed E-state index contributed by atoms with van der Waals surface area (Å²) in [5.41, 5.74) is 2.61. The Bertz CT molecular complexity index is 581. The van der Waals surface area contributed by atoms with Gasteiger partial charge in [0.05, 0.1) is 11.7 Å². The van der Waals surface area contributed by atoms with Gasteiger partial charge in [0, 0.05) is 20.2 Å². The average molecular weight is 299 g/mol. The van der Waals surface area contributed by atoms with Crippen molar-refractivity contribution in [3.8, 4) is 0 Å². The lowest BCUT2D eigenvalue weighted by Gasteiger charge is -2.16. The van der Waals surface area contributed by atoms with E-state index in [4.69, 9.17) is 9.84 Å². The lowest BCUT2D eigenvalue weighted by molar-refractivity contribution is 0.0697. The summed E-state index contributed by atoms with van der Waals surface area (Å²) in [6.45, 7) is 1.43. The van der Waals surface area contributed by atoms with Gasteiger partial charge in [-0.25, -0.2) is 4.79 Å². The zero-order valence-corrected chi connectivity index (χ0v) is 12.7. The number of hydrogen-bond acceptors (Lipinski definition) is 3. The van der Waals surface area contributed by atoms with Gasteiger partial charge in [-0.05, 0) is 29.7 Å². The van der Waals surface area contributed by atoms with Crippen LogP contribution in [0, 0.1) is 0 Å². The topological polar surface area (TPSA) is 58.6 Å². The summed E-state index contributed by atoms with van der Waals surface area (Å²) in [5, 5.41) is 12.2. The Hall–Kier alpha value is -2.17. The van der Waals surface area contributed by atoms with E-state index >= 15 is 0 Å². The van der Waals surface area contributed by atoms with Gasteiger partial charge >= 0.3 is 5.97 Å². The fourth-order valence-corrected chi connectivity index (χ4v) is 2.26. The van der Waals surface area contributed by atoms with Gasteiger partial charge in [0.25, 0.3) is 0 Å². The standard InChI is InChI=1S/C18H21NO3/c1-22-17(11-14-5-3-2-4-6-14)13-19-12-15-7-9-16(10-8-15)18(20)21/h2-10,17,19H,11-13H2,1H3,(H,20,21). The van der Waals surface area contributed by atoms with E-state index < -0.39 is 5.97 Å². The first-order valence-electron chi connectivity index (χ1n) is 7.28. The van der Waals surface area contributed by atoms with Crippen molar-refractivity contribution in [1.82, 2.24) is 5.32 Å². The lowest BCUT2D eigenvalue weighted by atomic mass is 10.1. The largest absolute Gasteiger partial charge is 0.478 e. The van der Waals surface area contributed by atoms with E-state index in [1.54, 1.807) is 19.2 Å². The molecule has 0 aliphatic heterocycles. The Morgan fingerprint density at radius 1 is 1.09 bits per heavy atom. The quantitative estimate of drug-likeness (QED) is 0.787. The number of ether oxygens (including phenoxy) is 1. The second-order valence-corrected chi connectivity index (χ2v) is 5.18. The summed E-state index contributed by atoms with van der Waals surface area (Å²) >= 11 is 0. The molecular weight excluding hydrogens is 278 g/mol. The van der Waals surface area contributed by atoms with Crippen molar-refractivity contribution >= 4 is 5.97 Å². The fraction of sp³-hybridized carbons (Fsp3) is 0.278. The molecule has 116 valence electrons. The predicted octanol–water partition coefficient (Wildman–Crippen LogP) is 2.73. The van der Waals surface area contributed by atoms with E-state index in [1.807, 2.05) is 30.3 Å². The van der Waals surface area contributed by atoms with Crippen LogP contribution in [0.2, 0.25) is 0 Å². The number of carboxylic acids is 1. The highest BCUT2D eigenvalue weighted by Gasteiger charge is 2.08. The zero-order chi connectivity index (χ0) is 15.8. The minimum absolute atomic E-state index is 0.112. The number of nitrogens with one attached hydrogen (secondary N) is 1. The minimum atomic E-state index is -0.901. The molecule has 0 spiro atoms. The third-order valence-corrected chi connectivity index (χ3v) is 3.54. The normalized spacial score (nSPS) is 12.0. The highest BCUT2D eigenvalue weighted by atomic mass is 16.5. The summed E-state index contributed by atoms with van der Waals surface area (Å²) in [7, 11) is 1.72. The molecule has 0 saturated carbocycles. The van der Waals surface area contributed by atoms with Crippen LogP contribution in [0.15, 0.2) is 54.6 Å². The van der Waals surface area contributed by atoms with Crippen molar-refractivity contribution in [2.45, 2.75) is 19.1 Å². The molecule has 0 bridgehead atoms. The molecular formula is C18H21NO3.